The molecule has 0 radical (unpaired) electrons. The van der Waals surface area contributed by atoms with Crippen LogP contribution in [-0.2, 0) is 4.79 Å². The normalized spacial score (nSPS) is 22.3. The van der Waals surface area contributed by atoms with Crippen LogP contribution in [0.1, 0.15) is 17.9 Å². The molecule has 1 aromatic rings. The second-order valence-corrected chi connectivity index (χ2v) is 5.89. The minimum absolute atomic E-state index is 0. The van der Waals surface area contributed by atoms with E-state index in [0.29, 0.717) is 5.91 Å². The Morgan fingerprint density at radius 2 is 2.11 bits per heavy atom. The zero-order valence-electron chi connectivity index (χ0n) is 10.8. The lowest BCUT2D eigenvalue weighted by Crippen LogP contribution is -2.37. The maximum Gasteiger partial charge on any atom is 0.231 e. The third-order valence-corrected chi connectivity index (χ3v) is 4.83. The molecule has 0 aromatic heterocycles. The van der Waals surface area contributed by atoms with Crippen LogP contribution in [-0.4, -0.2) is 42.7 Å². The number of carbonyl (C=O) groups excluding carboxylic acids is 1. The van der Waals surface area contributed by atoms with Gasteiger partial charge in [0, 0.05) is 30.3 Å². The van der Waals surface area contributed by atoms with Crippen molar-refractivity contribution in [3.8, 4) is 0 Å². The van der Waals surface area contributed by atoms with E-state index in [0.717, 1.165) is 38.4 Å². The quantitative estimate of drug-likeness (QED) is 0.862. The fraction of sp³-hybridized carbons (Fsp3) is 0.500. The average Bonchev–Trinajstić information content (AvgIpc) is 2.65. The van der Waals surface area contributed by atoms with Gasteiger partial charge in [-0.1, -0.05) is 18.2 Å². The Balaban J connectivity index is 0.00000133. The number of hydrogen-bond acceptors (Lipinski definition) is 3. The van der Waals surface area contributed by atoms with Crippen molar-refractivity contribution in [3.05, 3.63) is 29.8 Å². The first-order chi connectivity index (χ1) is 8.86. The molecule has 1 fully saturated rings. The van der Waals surface area contributed by atoms with E-state index >= 15 is 0 Å². The minimum Gasteiger partial charge on any atom is -0.341 e. The number of amides is 1. The van der Waals surface area contributed by atoms with Crippen molar-refractivity contribution >= 4 is 30.1 Å². The van der Waals surface area contributed by atoms with Gasteiger partial charge in [0.2, 0.25) is 5.91 Å². The first-order valence-electron chi connectivity index (χ1n) is 6.57. The van der Waals surface area contributed by atoms with Gasteiger partial charge in [0.05, 0.1) is 5.92 Å². The molecule has 0 saturated carbocycles. The lowest BCUT2D eigenvalue weighted by atomic mass is 10.00. The van der Waals surface area contributed by atoms with E-state index in [2.05, 4.69) is 23.5 Å². The fourth-order valence-electron chi connectivity index (χ4n) is 2.65. The van der Waals surface area contributed by atoms with E-state index in [9.17, 15) is 4.79 Å². The molecule has 0 spiro atoms. The van der Waals surface area contributed by atoms with Crippen LogP contribution in [0.15, 0.2) is 29.2 Å². The summed E-state index contributed by atoms with van der Waals surface area (Å²) in [5.74, 6) is 1.29. The molecule has 2 aliphatic heterocycles. The number of hydrogen-bond donors (Lipinski definition) is 1. The molecule has 2 heterocycles. The van der Waals surface area contributed by atoms with Crippen LogP contribution in [0, 0.1) is 0 Å². The number of carbonyl (C=O) groups is 1. The van der Waals surface area contributed by atoms with Gasteiger partial charge < -0.3 is 10.2 Å². The first-order valence-corrected chi connectivity index (χ1v) is 7.56. The highest BCUT2D eigenvalue weighted by molar-refractivity contribution is 7.99. The molecule has 1 unspecified atom stereocenters. The molecule has 104 valence electrons. The summed E-state index contributed by atoms with van der Waals surface area (Å²) in [5.41, 5.74) is 1.23. The smallest absolute Gasteiger partial charge is 0.231 e. The molecule has 0 bridgehead atoms. The molecule has 1 saturated heterocycles. The molecule has 1 atom stereocenters. The Hall–Kier alpha value is -0.710. The van der Waals surface area contributed by atoms with Crippen LogP contribution in [0.4, 0.5) is 0 Å². The Morgan fingerprint density at radius 1 is 1.26 bits per heavy atom. The molecular formula is C14H19ClN2OS. The van der Waals surface area contributed by atoms with Gasteiger partial charge in [-0.05, 0) is 24.6 Å². The van der Waals surface area contributed by atoms with Gasteiger partial charge in [-0.25, -0.2) is 0 Å². The van der Waals surface area contributed by atoms with Crippen molar-refractivity contribution in [1.29, 1.82) is 0 Å². The van der Waals surface area contributed by atoms with Crippen LogP contribution in [0.2, 0.25) is 0 Å². The van der Waals surface area contributed by atoms with Gasteiger partial charge in [0.1, 0.15) is 0 Å². The van der Waals surface area contributed by atoms with E-state index in [1.165, 1.54) is 10.5 Å². The van der Waals surface area contributed by atoms with Gasteiger partial charge in [-0.2, -0.15) is 0 Å². The minimum atomic E-state index is 0. The van der Waals surface area contributed by atoms with Gasteiger partial charge in [0.25, 0.3) is 0 Å². The molecule has 3 nitrogen and oxygen atoms in total. The number of rotatable bonds is 1. The molecule has 1 amide bonds. The van der Waals surface area contributed by atoms with Crippen LogP contribution < -0.4 is 5.32 Å². The third kappa shape index (κ3) is 3.07. The first kappa shape index (κ1) is 14.7. The lowest BCUT2D eigenvalue weighted by molar-refractivity contribution is -0.132. The van der Waals surface area contributed by atoms with Crippen molar-refractivity contribution in [1.82, 2.24) is 10.2 Å². The summed E-state index contributed by atoms with van der Waals surface area (Å²) < 4.78 is 0. The fourth-order valence-corrected chi connectivity index (χ4v) is 3.87. The van der Waals surface area contributed by atoms with Gasteiger partial charge in [-0.15, -0.1) is 24.2 Å². The van der Waals surface area contributed by atoms with Crippen LogP contribution in [0.3, 0.4) is 0 Å². The average molecular weight is 299 g/mol. The maximum absolute atomic E-state index is 12.6. The Kier molecular flexibility index (Phi) is 5.13. The summed E-state index contributed by atoms with van der Waals surface area (Å²) in [4.78, 5) is 15.9. The number of benzene rings is 1. The van der Waals surface area contributed by atoms with E-state index in [1.54, 1.807) is 0 Å². The second kappa shape index (κ2) is 6.64. The van der Waals surface area contributed by atoms with Crippen molar-refractivity contribution < 1.29 is 4.79 Å². The lowest BCUT2D eigenvalue weighted by Gasteiger charge is -2.23. The van der Waals surface area contributed by atoms with E-state index in [1.807, 2.05) is 22.7 Å². The SMILES string of the molecule is Cl.O=C(C1CSc2ccccc21)N1CCCNCC1. The number of nitrogens with one attached hydrogen (secondary N) is 1. The summed E-state index contributed by atoms with van der Waals surface area (Å²) >= 11 is 1.81. The number of halogens is 1. The zero-order chi connectivity index (χ0) is 12.4. The number of nitrogens with zero attached hydrogens (tertiary/aromatic N) is 1. The number of thioether (sulfide) groups is 1. The summed E-state index contributed by atoms with van der Waals surface area (Å²) in [6, 6.07) is 8.31. The zero-order valence-corrected chi connectivity index (χ0v) is 12.4. The maximum atomic E-state index is 12.6. The highest BCUT2D eigenvalue weighted by Gasteiger charge is 2.32. The molecule has 3 rings (SSSR count). The molecule has 2 aliphatic rings. The molecule has 1 aromatic carbocycles. The largest absolute Gasteiger partial charge is 0.341 e. The molecule has 19 heavy (non-hydrogen) atoms. The predicted molar refractivity (Wildman–Crippen MR) is 81.2 cm³/mol. The van der Waals surface area contributed by atoms with Crippen LogP contribution >= 0.6 is 24.2 Å². The summed E-state index contributed by atoms with van der Waals surface area (Å²) in [6.07, 6.45) is 1.06. The van der Waals surface area contributed by atoms with Crippen molar-refractivity contribution in [3.63, 3.8) is 0 Å². The predicted octanol–water partition coefficient (Wildman–Crippen LogP) is 2.12. The molecule has 1 N–H and O–H groups in total. The molecule has 0 aliphatic carbocycles. The topological polar surface area (TPSA) is 32.3 Å². The number of fused-ring (bicyclic) bond motifs is 1. The van der Waals surface area contributed by atoms with Crippen LogP contribution in [0.5, 0.6) is 0 Å². The Bertz CT molecular complexity index is 447. The van der Waals surface area contributed by atoms with Gasteiger partial charge in [0.15, 0.2) is 0 Å². The van der Waals surface area contributed by atoms with Gasteiger partial charge in [-0.3, -0.25) is 4.79 Å². The standard InChI is InChI=1S/C14H18N2OS.ClH/c17-14(16-8-3-6-15-7-9-16)12-10-18-13-5-2-1-4-11(12)13;/h1-2,4-5,12,15H,3,6-10H2;1H. The summed E-state index contributed by atoms with van der Waals surface area (Å²) in [7, 11) is 0. The monoisotopic (exact) mass is 298 g/mol. The van der Waals surface area contributed by atoms with E-state index in [4.69, 9.17) is 0 Å². The van der Waals surface area contributed by atoms with Crippen LogP contribution in [0.25, 0.3) is 0 Å². The molecule has 5 heteroatoms. The highest BCUT2D eigenvalue weighted by Crippen LogP contribution is 2.40. The van der Waals surface area contributed by atoms with Crippen molar-refractivity contribution in [2.45, 2.75) is 17.2 Å². The van der Waals surface area contributed by atoms with Crippen molar-refractivity contribution in [2.75, 3.05) is 31.9 Å². The highest BCUT2D eigenvalue weighted by atomic mass is 35.5. The van der Waals surface area contributed by atoms with Gasteiger partial charge >= 0.3 is 0 Å². The van der Waals surface area contributed by atoms with E-state index < -0.39 is 0 Å². The second-order valence-electron chi connectivity index (χ2n) is 4.83. The summed E-state index contributed by atoms with van der Waals surface area (Å²) in [6.45, 7) is 3.70. The van der Waals surface area contributed by atoms with E-state index in [-0.39, 0.29) is 18.3 Å². The summed E-state index contributed by atoms with van der Waals surface area (Å²) in [5, 5.41) is 3.34. The van der Waals surface area contributed by atoms with Crippen molar-refractivity contribution in [2.24, 2.45) is 0 Å². The third-order valence-electron chi connectivity index (χ3n) is 3.65. The molecular weight excluding hydrogens is 280 g/mol. The Morgan fingerprint density at radius 3 is 3.00 bits per heavy atom. The Labute approximate surface area is 124 Å².